The van der Waals surface area contributed by atoms with Crippen molar-refractivity contribution >= 4 is 35.0 Å². The Hall–Kier alpha value is -3.05. The quantitative estimate of drug-likeness (QED) is 0.563. The smallest absolute Gasteiger partial charge is 0.255 e. The maximum atomic E-state index is 12.4. The number of carbonyl (C=O) groups excluding carboxylic acids is 2. The summed E-state index contributed by atoms with van der Waals surface area (Å²) in [5.74, 6) is 0.149. The van der Waals surface area contributed by atoms with Crippen LogP contribution in [0.3, 0.4) is 0 Å². The number of benzene rings is 3. The largest absolute Gasteiger partial charge is 0.325 e. The van der Waals surface area contributed by atoms with Gasteiger partial charge < -0.3 is 10.6 Å². The Morgan fingerprint density at radius 1 is 0.786 bits per heavy atom. The van der Waals surface area contributed by atoms with Crippen molar-refractivity contribution in [1.29, 1.82) is 0 Å². The van der Waals surface area contributed by atoms with E-state index in [9.17, 15) is 9.59 Å². The zero-order valence-corrected chi connectivity index (χ0v) is 16.7. The lowest BCUT2D eigenvalue weighted by molar-refractivity contribution is -0.113. The molecule has 0 heterocycles. The molecule has 0 radical (unpaired) electrons. The zero-order valence-electron chi connectivity index (χ0n) is 15.9. The lowest BCUT2D eigenvalue weighted by Crippen LogP contribution is -2.14. The van der Waals surface area contributed by atoms with Crippen LogP contribution >= 0.6 is 11.8 Å². The third-order valence-electron chi connectivity index (χ3n) is 4.29. The summed E-state index contributed by atoms with van der Waals surface area (Å²) in [7, 11) is 0. The predicted octanol–water partition coefficient (Wildman–Crippen LogP) is 5.29. The van der Waals surface area contributed by atoms with Gasteiger partial charge in [-0.25, -0.2) is 0 Å². The first-order valence-electron chi connectivity index (χ1n) is 8.98. The van der Waals surface area contributed by atoms with Gasteiger partial charge in [-0.05, 0) is 61.4 Å². The fourth-order valence-electron chi connectivity index (χ4n) is 2.71. The van der Waals surface area contributed by atoms with Gasteiger partial charge in [-0.1, -0.05) is 36.4 Å². The number of anilines is 2. The summed E-state index contributed by atoms with van der Waals surface area (Å²) in [4.78, 5) is 25.5. The Morgan fingerprint density at radius 2 is 1.43 bits per heavy atom. The Balaban J connectivity index is 1.53. The summed E-state index contributed by atoms with van der Waals surface area (Å²) < 4.78 is 0. The molecule has 3 aromatic rings. The number of carbonyl (C=O) groups is 2. The SMILES string of the molecule is Cc1ccccc1NC(=O)CSc1ccc(NC(=O)c2ccccc2C)cc1. The summed E-state index contributed by atoms with van der Waals surface area (Å²) in [5.41, 5.74) is 4.19. The van der Waals surface area contributed by atoms with Gasteiger partial charge in [0.05, 0.1) is 5.75 Å². The second-order valence-corrected chi connectivity index (χ2v) is 7.49. The number of amides is 2. The molecule has 2 amide bonds. The Labute approximate surface area is 169 Å². The Kier molecular flexibility index (Phi) is 6.50. The van der Waals surface area contributed by atoms with E-state index < -0.39 is 0 Å². The number of aryl methyl sites for hydroxylation is 2. The van der Waals surface area contributed by atoms with Gasteiger partial charge in [0, 0.05) is 21.8 Å². The van der Waals surface area contributed by atoms with Gasteiger partial charge >= 0.3 is 0 Å². The molecule has 0 unspecified atom stereocenters. The van der Waals surface area contributed by atoms with E-state index in [4.69, 9.17) is 0 Å². The van der Waals surface area contributed by atoms with E-state index in [0.29, 0.717) is 11.3 Å². The molecule has 0 aliphatic carbocycles. The summed E-state index contributed by atoms with van der Waals surface area (Å²) in [6.07, 6.45) is 0. The van der Waals surface area contributed by atoms with Crippen molar-refractivity contribution in [3.8, 4) is 0 Å². The normalized spacial score (nSPS) is 10.4. The number of nitrogens with one attached hydrogen (secondary N) is 2. The maximum Gasteiger partial charge on any atom is 0.255 e. The number of hydrogen-bond donors (Lipinski definition) is 2. The van der Waals surface area contributed by atoms with Crippen molar-refractivity contribution in [2.24, 2.45) is 0 Å². The fourth-order valence-corrected chi connectivity index (χ4v) is 3.41. The van der Waals surface area contributed by atoms with Crippen LogP contribution in [0.25, 0.3) is 0 Å². The van der Waals surface area contributed by atoms with Gasteiger partial charge in [0.25, 0.3) is 5.91 Å². The third kappa shape index (κ3) is 5.24. The summed E-state index contributed by atoms with van der Waals surface area (Å²) >= 11 is 1.46. The molecular weight excluding hydrogens is 368 g/mol. The van der Waals surface area contributed by atoms with E-state index in [0.717, 1.165) is 27.4 Å². The Bertz CT molecular complexity index is 984. The van der Waals surface area contributed by atoms with Crippen LogP contribution in [0.4, 0.5) is 11.4 Å². The first-order valence-corrected chi connectivity index (χ1v) is 9.97. The second kappa shape index (κ2) is 9.24. The zero-order chi connectivity index (χ0) is 19.9. The van der Waals surface area contributed by atoms with E-state index >= 15 is 0 Å². The first kappa shape index (κ1) is 19.7. The average Bonchev–Trinajstić information content (AvgIpc) is 2.69. The van der Waals surface area contributed by atoms with Gasteiger partial charge in [-0.2, -0.15) is 0 Å². The first-order chi connectivity index (χ1) is 13.5. The molecular formula is C23H22N2O2S. The van der Waals surface area contributed by atoms with E-state index in [1.807, 2.05) is 86.6 Å². The molecule has 3 aromatic carbocycles. The van der Waals surface area contributed by atoms with Crippen LogP contribution in [0.2, 0.25) is 0 Å². The number of hydrogen-bond acceptors (Lipinski definition) is 3. The van der Waals surface area contributed by atoms with Crippen LogP contribution in [-0.4, -0.2) is 17.6 Å². The molecule has 142 valence electrons. The van der Waals surface area contributed by atoms with Crippen molar-refractivity contribution < 1.29 is 9.59 Å². The van der Waals surface area contributed by atoms with Crippen LogP contribution in [-0.2, 0) is 4.79 Å². The van der Waals surface area contributed by atoms with E-state index in [1.165, 1.54) is 11.8 Å². The lowest BCUT2D eigenvalue weighted by atomic mass is 10.1. The monoisotopic (exact) mass is 390 g/mol. The second-order valence-electron chi connectivity index (χ2n) is 6.45. The fraction of sp³-hybridized carbons (Fsp3) is 0.130. The predicted molar refractivity (Wildman–Crippen MR) is 116 cm³/mol. The standard InChI is InChI=1S/C23H22N2O2S/c1-16-7-3-5-9-20(16)23(27)24-18-11-13-19(14-12-18)28-15-22(26)25-21-10-6-4-8-17(21)2/h3-14H,15H2,1-2H3,(H,24,27)(H,25,26). The van der Waals surface area contributed by atoms with Crippen molar-refractivity contribution in [3.63, 3.8) is 0 Å². The number of para-hydroxylation sites is 1. The summed E-state index contributed by atoms with van der Waals surface area (Å²) in [5, 5.41) is 5.83. The molecule has 5 heteroatoms. The van der Waals surface area contributed by atoms with E-state index in [-0.39, 0.29) is 11.8 Å². The van der Waals surface area contributed by atoms with Crippen LogP contribution in [0.5, 0.6) is 0 Å². The van der Waals surface area contributed by atoms with Crippen molar-refractivity contribution in [2.75, 3.05) is 16.4 Å². The van der Waals surface area contributed by atoms with Gasteiger partial charge in [-0.15, -0.1) is 11.8 Å². The minimum atomic E-state index is -0.129. The Morgan fingerprint density at radius 3 is 2.11 bits per heavy atom. The van der Waals surface area contributed by atoms with Gasteiger partial charge in [0.1, 0.15) is 0 Å². The molecule has 0 aliphatic rings. The highest BCUT2D eigenvalue weighted by Gasteiger charge is 2.09. The molecule has 2 N–H and O–H groups in total. The van der Waals surface area contributed by atoms with Crippen LogP contribution < -0.4 is 10.6 Å². The topological polar surface area (TPSA) is 58.2 Å². The minimum absolute atomic E-state index is 0.0452. The molecule has 4 nitrogen and oxygen atoms in total. The molecule has 3 rings (SSSR count). The van der Waals surface area contributed by atoms with Gasteiger partial charge in [0.15, 0.2) is 0 Å². The summed E-state index contributed by atoms with van der Waals surface area (Å²) in [6, 6.07) is 22.7. The summed E-state index contributed by atoms with van der Waals surface area (Å²) in [6.45, 7) is 3.88. The number of thioether (sulfide) groups is 1. The van der Waals surface area contributed by atoms with Crippen molar-refractivity contribution in [1.82, 2.24) is 0 Å². The minimum Gasteiger partial charge on any atom is -0.325 e. The highest BCUT2D eigenvalue weighted by Crippen LogP contribution is 2.22. The molecule has 0 aromatic heterocycles. The highest BCUT2D eigenvalue weighted by atomic mass is 32.2. The average molecular weight is 391 g/mol. The molecule has 0 aliphatic heterocycles. The van der Waals surface area contributed by atoms with Crippen LogP contribution in [0.1, 0.15) is 21.5 Å². The molecule has 0 saturated carbocycles. The van der Waals surface area contributed by atoms with Crippen LogP contribution in [0.15, 0.2) is 77.7 Å². The molecule has 0 spiro atoms. The van der Waals surface area contributed by atoms with E-state index in [1.54, 1.807) is 0 Å². The van der Waals surface area contributed by atoms with Gasteiger partial charge in [0.2, 0.25) is 5.91 Å². The van der Waals surface area contributed by atoms with Gasteiger partial charge in [-0.3, -0.25) is 9.59 Å². The number of rotatable bonds is 6. The molecule has 0 fully saturated rings. The van der Waals surface area contributed by atoms with E-state index in [2.05, 4.69) is 10.6 Å². The van der Waals surface area contributed by atoms with Crippen LogP contribution in [0, 0.1) is 13.8 Å². The molecule has 0 atom stereocenters. The molecule has 28 heavy (non-hydrogen) atoms. The molecule has 0 saturated heterocycles. The lowest BCUT2D eigenvalue weighted by Gasteiger charge is -2.09. The molecule has 0 bridgehead atoms. The van der Waals surface area contributed by atoms with Crippen molar-refractivity contribution in [3.05, 3.63) is 89.5 Å². The maximum absolute atomic E-state index is 12.4. The van der Waals surface area contributed by atoms with Crippen molar-refractivity contribution in [2.45, 2.75) is 18.7 Å². The third-order valence-corrected chi connectivity index (χ3v) is 5.30. The highest BCUT2D eigenvalue weighted by molar-refractivity contribution is 8.00.